The zero-order valence-electron chi connectivity index (χ0n) is 11.8. The van der Waals surface area contributed by atoms with E-state index in [2.05, 4.69) is 27.6 Å². The fourth-order valence-corrected chi connectivity index (χ4v) is 3.47. The molecule has 2 unspecified atom stereocenters. The van der Waals surface area contributed by atoms with Crippen LogP contribution in [0.15, 0.2) is 18.3 Å². The Bertz CT molecular complexity index is 617. The maximum absolute atomic E-state index is 5.58. The van der Waals surface area contributed by atoms with Crippen LogP contribution in [0.1, 0.15) is 30.6 Å². The van der Waals surface area contributed by atoms with E-state index in [4.69, 9.17) is 9.72 Å². The Balaban J connectivity index is 1.83. The standard InChI is InChI=1S/C15H20N4O/c1-18-7-4-11(9-18)14-17-13-3-2-6-16-15(13)19(14)12-5-8-20-10-12/h2-3,6,11-12H,4-5,7-10H2,1H3. The molecule has 0 radical (unpaired) electrons. The van der Waals surface area contributed by atoms with Gasteiger partial charge >= 0.3 is 0 Å². The molecule has 5 heteroatoms. The van der Waals surface area contributed by atoms with Gasteiger partial charge in [-0.1, -0.05) is 0 Å². The average Bonchev–Trinajstić information content (AvgIpc) is 3.15. The number of hydrogen-bond acceptors (Lipinski definition) is 4. The predicted molar refractivity (Wildman–Crippen MR) is 76.9 cm³/mol. The van der Waals surface area contributed by atoms with Crippen molar-refractivity contribution in [2.45, 2.75) is 24.8 Å². The van der Waals surface area contributed by atoms with Gasteiger partial charge in [0.1, 0.15) is 11.3 Å². The van der Waals surface area contributed by atoms with Gasteiger partial charge in [-0.15, -0.1) is 0 Å². The van der Waals surface area contributed by atoms with Gasteiger partial charge in [-0.25, -0.2) is 9.97 Å². The molecule has 0 aromatic carbocycles. The third kappa shape index (κ3) is 1.93. The van der Waals surface area contributed by atoms with E-state index < -0.39 is 0 Å². The van der Waals surface area contributed by atoms with Gasteiger partial charge in [0.05, 0.1) is 12.6 Å². The van der Waals surface area contributed by atoms with E-state index in [0.717, 1.165) is 43.9 Å². The molecule has 2 aromatic heterocycles. The number of rotatable bonds is 2. The van der Waals surface area contributed by atoms with E-state index >= 15 is 0 Å². The maximum Gasteiger partial charge on any atom is 0.160 e. The number of hydrogen-bond donors (Lipinski definition) is 0. The van der Waals surface area contributed by atoms with E-state index in [1.54, 1.807) is 0 Å². The zero-order valence-corrected chi connectivity index (χ0v) is 11.8. The Morgan fingerprint density at radius 1 is 1.35 bits per heavy atom. The topological polar surface area (TPSA) is 43.2 Å². The smallest absolute Gasteiger partial charge is 0.160 e. The summed E-state index contributed by atoms with van der Waals surface area (Å²) in [6.07, 6.45) is 4.12. The van der Waals surface area contributed by atoms with Gasteiger partial charge in [0.2, 0.25) is 0 Å². The molecule has 4 heterocycles. The lowest BCUT2D eigenvalue weighted by Gasteiger charge is -2.18. The van der Waals surface area contributed by atoms with Crippen molar-refractivity contribution in [3.63, 3.8) is 0 Å². The Hall–Kier alpha value is -1.46. The molecule has 2 fully saturated rings. The number of imidazole rings is 1. The summed E-state index contributed by atoms with van der Waals surface area (Å²) in [5.74, 6) is 1.73. The first kappa shape index (κ1) is 12.3. The highest BCUT2D eigenvalue weighted by molar-refractivity contribution is 5.71. The van der Waals surface area contributed by atoms with Crippen LogP contribution in [-0.2, 0) is 4.74 Å². The molecule has 0 saturated carbocycles. The monoisotopic (exact) mass is 272 g/mol. The van der Waals surface area contributed by atoms with Crippen molar-refractivity contribution in [3.05, 3.63) is 24.2 Å². The number of nitrogens with zero attached hydrogens (tertiary/aromatic N) is 4. The summed E-state index contributed by atoms with van der Waals surface area (Å²) in [6.45, 7) is 3.89. The van der Waals surface area contributed by atoms with Gasteiger partial charge in [0, 0.05) is 25.3 Å². The fraction of sp³-hybridized carbons (Fsp3) is 0.600. The molecule has 0 aliphatic carbocycles. The molecule has 2 aliphatic heterocycles. The van der Waals surface area contributed by atoms with Gasteiger partial charge in [-0.05, 0) is 38.6 Å². The number of likely N-dealkylation sites (N-methyl/N-ethyl adjacent to an activating group) is 1. The van der Waals surface area contributed by atoms with Crippen LogP contribution < -0.4 is 0 Å². The molecule has 106 valence electrons. The third-order valence-corrected chi connectivity index (χ3v) is 4.50. The Morgan fingerprint density at radius 2 is 2.30 bits per heavy atom. The lowest BCUT2D eigenvalue weighted by molar-refractivity contribution is 0.186. The number of fused-ring (bicyclic) bond motifs is 1. The highest BCUT2D eigenvalue weighted by Crippen LogP contribution is 2.32. The van der Waals surface area contributed by atoms with Crippen molar-refractivity contribution in [3.8, 4) is 0 Å². The van der Waals surface area contributed by atoms with Gasteiger partial charge in [-0.3, -0.25) is 0 Å². The maximum atomic E-state index is 5.58. The largest absolute Gasteiger partial charge is 0.379 e. The second-order valence-corrected chi connectivity index (χ2v) is 5.95. The van der Waals surface area contributed by atoms with Gasteiger partial charge < -0.3 is 14.2 Å². The first-order valence-corrected chi connectivity index (χ1v) is 7.42. The van der Waals surface area contributed by atoms with Crippen molar-refractivity contribution in [2.24, 2.45) is 0 Å². The zero-order chi connectivity index (χ0) is 13.5. The van der Waals surface area contributed by atoms with Gasteiger partial charge in [0.25, 0.3) is 0 Å². The van der Waals surface area contributed by atoms with E-state index in [0.29, 0.717) is 12.0 Å². The molecule has 2 atom stereocenters. The molecule has 20 heavy (non-hydrogen) atoms. The number of pyridine rings is 1. The van der Waals surface area contributed by atoms with E-state index in [-0.39, 0.29) is 0 Å². The van der Waals surface area contributed by atoms with Crippen LogP contribution in [0.4, 0.5) is 0 Å². The first-order valence-electron chi connectivity index (χ1n) is 7.42. The van der Waals surface area contributed by atoms with Crippen LogP contribution in [0.25, 0.3) is 11.2 Å². The highest BCUT2D eigenvalue weighted by Gasteiger charge is 2.30. The van der Waals surface area contributed by atoms with Crippen LogP contribution in [0, 0.1) is 0 Å². The normalized spacial score (nSPS) is 27.6. The molecule has 0 amide bonds. The molecule has 2 aliphatic rings. The molecule has 0 spiro atoms. The van der Waals surface area contributed by atoms with Crippen molar-refractivity contribution in [1.29, 1.82) is 0 Å². The Labute approximate surface area is 118 Å². The first-order chi connectivity index (χ1) is 9.83. The highest BCUT2D eigenvalue weighted by atomic mass is 16.5. The minimum atomic E-state index is 0.399. The summed E-state index contributed by atoms with van der Waals surface area (Å²) in [4.78, 5) is 11.8. The van der Waals surface area contributed by atoms with Crippen molar-refractivity contribution >= 4 is 11.2 Å². The molecule has 0 bridgehead atoms. The number of aromatic nitrogens is 3. The van der Waals surface area contributed by atoms with E-state index in [9.17, 15) is 0 Å². The predicted octanol–water partition coefficient (Wildman–Crippen LogP) is 1.81. The quantitative estimate of drug-likeness (QED) is 0.836. The molecule has 0 N–H and O–H groups in total. The van der Waals surface area contributed by atoms with Gasteiger partial charge in [0.15, 0.2) is 5.65 Å². The average molecular weight is 272 g/mol. The fourth-order valence-electron chi connectivity index (χ4n) is 3.47. The van der Waals surface area contributed by atoms with Crippen molar-refractivity contribution < 1.29 is 4.74 Å². The third-order valence-electron chi connectivity index (χ3n) is 4.50. The Morgan fingerprint density at radius 3 is 3.05 bits per heavy atom. The number of likely N-dealkylation sites (tertiary alicyclic amines) is 1. The summed E-state index contributed by atoms with van der Waals surface area (Å²) in [7, 11) is 2.18. The van der Waals surface area contributed by atoms with Crippen LogP contribution in [0.2, 0.25) is 0 Å². The van der Waals surface area contributed by atoms with E-state index in [1.165, 1.54) is 12.2 Å². The minimum Gasteiger partial charge on any atom is -0.379 e. The summed E-state index contributed by atoms with van der Waals surface area (Å²) in [6, 6.07) is 4.43. The lowest BCUT2D eigenvalue weighted by atomic mass is 10.1. The van der Waals surface area contributed by atoms with Crippen LogP contribution in [-0.4, -0.2) is 52.8 Å². The molecule has 2 aromatic rings. The number of ether oxygens (including phenoxy) is 1. The molecular weight excluding hydrogens is 252 g/mol. The molecular formula is C15H20N4O. The van der Waals surface area contributed by atoms with Gasteiger partial charge in [-0.2, -0.15) is 0 Å². The van der Waals surface area contributed by atoms with Crippen LogP contribution in [0.3, 0.4) is 0 Å². The van der Waals surface area contributed by atoms with Crippen LogP contribution in [0.5, 0.6) is 0 Å². The van der Waals surface area contributed by atoms with Crippen molar-refractivity contribution in [2.75, 3.05) is 33.4 Å². The lowest BCUT2D eigenvalue weighted by Crippen LogP contribution is -2.18. The molecule has 2 saturated heterocycles. The summed E-state index contributed by atoms with van der Waals surface area (Å²) in [5, 5.41) is 0. The molecule has 4 rings (SSSR count). The second kappa shape index (κ2) is 4.82. The van der Waals surface area contributed by atoms with Crippen molar-refractivity contribution in [1.82, 2.24) is 19.4 Å². The van der Waals surface area contributed by atoms with E-state index in [1.807, 2.05) is 12.3 Å². The molecule has 5 nitrogen and oxygen atoms in total. The summed E-state index contributed by atoms with van der Waals surface area (Å²) in [5.41, 5.74) is 2.04. The summed E-state index contributed by atoms with van der Waals surface area (Å²) >= 11 is 0. The summed E-state index contributed by atoms with van der Waals surface area (Å²) < 4.78 is 7.94. The minimum absolute atomic E-state index is 0.399. The second-order valence-electron chi connectivity index (χ2n) is 5.95. The Kier molecular flexibility index (Phi) is 2.97. The SMILES string of the molecule is CN1CCC(c2nc3cccnc3n2C2CCOC2)C1. The van der Waals surface area contributed by atoms with Crippen LogP contribution >= 0.6 is 0 Å².